The van der Waals surface area contributed by atoms with Crippen LogP contribution in [-0.2, 0) is 14.4 Å². The Labute approximate surface area is 224 Å². The topological polar surface area (TPSA) is 109 Å². The largest absolute Gasteiger partial charge is 0.490 e. The summed E-state index contributed by atoms with van der Waals surface area (Å²) in [5.41, 5.74) is 1.51. The lowest BCUT2D eigenvalue weighted by atomic mass is 9.76. The van der Waals surface area contributed by atoms with E-state index in [4.69, 9.17) is 14.6 Å². The van der Waals surface area contributed by atoms with Crippen molar-refractivity contribution in [2.45, 2.75) is 69.1 Å². The highest BCUT2D eigenvalue weighted by atomic mass is 19.4. The van der Waals surface area contributed by atoms with E-state index in [1.54, 1.807) is 12.4 Å². The van der Waals surface area contributed by atoms with E-state index in [0.29, 0.717) is 18.0 Å². The molecule has 8 nitrogen and oxygen atoms in total. The lowest BCUT2D eigenvalue weighted by molar-refractivity contribution is -0.192. The Hall–Kier alpha value is -3.63. The minimum absolute atomic E-state index is 0.0105. The number of piperidine rings is 1. The van der Waals surface area contributed by atoms with E-state index in [1.165, 1.54) is 12.8 Å². The van der Waals surface area contributed by atoms with Gasteiger partial charge in [0.05, 0.1) is 11.9 Å². The smallest absolute Gasteiger partial charge is 0.487 e. The summed E-state index contributed by atoms with van der Waals surface area (Å²) in [7, 11) is 0. The first-order chi connectivity index (χ1) is 18.6. The van der Waals surface area contributed by atoms with E-state index in [0.717, 1.165) is 56.5 Å². The minimum atomic E-state index is -5.08. The molecule has 1 aromatic carbocycles. The number of alkyl halides is 3. The van der Waals surface area contributed by atoms with Gasteiger partial charge in [0.15, 0.2) is 0 Å². The molecule has 5 rings (SSSR count). The molecule has 1 aliphatic carbocycles. The van der Waals surface area contributed by atoms with Crippen LogP contribution in [0.15, 0.2) is 48.8 Å². The van der Waals surface area contributed by atoms with Crippen LogP contribution in [0.3, 0.4) is 0 Å². The number of carbonyl (C=O) groups excluding carboxylic acids is 2. The van der Waals surface area contributed by atoms with E-state index in [9.17, 15) is 22.8 Å². The molecule has 2 fully saturated rings. The Balaban J connectivity index is 0.000000448. The first kappa shape index (κ1) is 28.4. The third-order valence-corrected chi connectivity index (χ3v) is 7.61. The fraction of sp³-hybridized carbons (Fsp3) is 0.500. The van der Waals surface area contributed by atoms with Gasteiger partial charge in [-0.3, -0.25) is 14.6 Å². The molecule has 210 valence electrons. The van der Waals surface area contributed by atoms with Gasteiger partial charge in [-0.15, -0.1) is 0 Å². The standard InChI is InChI=1S/C26H31N3O3.C2HF3O2/c30-24(28-21-8-5-13-27-18-21)16-20-17-26(32-23-10-4-3-9-22(20)23)11-14-29(15-12-26)25(31)19-6-1-2-7-19;3-2(4,5)1(6)7/h3-5,8-10,13,18-20H,1-2,6-7,11-12,14-17H2,(H,28,30);(H,6,7). The van der Waals surface area contributed by atoms with Crippen molar-refractivity contribution in [3.63, 3.8) is 0 Å². The highest BCUT2D eigenvalue weighted by Gasteiger charge is 2.45. The molecule has 39 heavy (non-hydrogen) atoms. The molecule has 3 heterocycles. The molecule has 1 saturated carbocycles. The zero-order valence-corrected chi connectivity index (χ0v) is 21.5. The first-order valence-corrected chi connectivity index (χ1v) is 13.1. The highest BCUT2D eigenvalue weighted by molar-refractivity contribution is 5.91. The summed E-state index contributed by atoms with van der Waals surface area (Å²) < 4.78 is 38.3. The van der Waals surface area contributed by atoms with Crippen molar-refractivity contribution in [2.24, 2.45) is 5.92 Å². The molecule has 3 aliphatic rings. The van der Waals surface area contributed by atoms with Crippen molar-refractivity contribution >= 4 is 23.5 Å². The number of hydrogen-bond acceptors (Lipinski definition) is 5. The number of aromatic nitrogens is 1. The quantitative estimate of drug-likeness (QED) is 0.547. The average molecular weight is 548 g/mol. The number of likely N-dealkylation sites (tertiary alicyclic amines) is 1. The van der Waals surface area contributed by atoms with Crippen LogP contribution in [0.4, 0.5) is 18.9 Å². The van der Waals surface area contributed by atoms with Crippen LogP contribution in [0.25, 0.3) is 0 Å². The Morgan fingerprint density at radius 3 is 2.36 bits per heavy atom. The molecule has 1 atom stereocenters. The summed E-state index contributed by atoms with van der Waals surface area (Å²) in [6.07, 6.45) is 5.55. The lowest BCUT2D eigenvalue weighted by Gasteiger charge is -2.47. The monoisotopic (exact) mass is 547 g/mol. The van der Waals surface area contributed by atoms with E-state index in [2.05, 4.69) is 21.3 Å². The molecule has 0 bridgehead atoms. The van der Waals surface area contributed by atoms with Crippen LogP contribution < -0.4 is 10.1 Å². The van der Waals surface area contributed by atoms with Gasteiger partial charge in [-0.1, -0.05) is 31.0 Å². The zero-order chi connectivity index (χ0) is 28.0. The number of nitrogens with one attached hydrogen (secondary N) is 1. The van der Waals surface area contributed by atoms with Crippen molar-refractivity contribution in [2.75, 3.05) is 18.4 Å². The molecule has 1 unspecified atom stereocenters. The highest BCUT2D eigenvalue weighted by Crippen LogP contribution is 2.47. The number of fused-ring (bicyclic) bond motifs is 1. The molecule has 0 radical (unpaired) electrons. The molecule has 1 saturated heterocycles. The van der Waals surface area contributed by atoms with Gasteiger partial charge in [-0.25, -0.2) is 4.79 Å². The SMILES string of the molecule is O=C(CC1CC2(CCN(C(=O)C3CCCC3)CC2)Oc2ccccc21)Nc1cccnc1.O=C(O)C(F)(F)F. The summed E-state index contributed by atoms with van der Waals surface area (Å²) in [6, 6.07) is 11.7. The van der Waals surface area contributed by atoms with E-state index < -0.39 is 12.1 Å². The van der Waals surface area contributed by atoms with Gasteiger partial charge in [-0.05, 0) is 43.0 Å². The Morgan fingerprint density at radius 1 is 1.08 bits per heavy atom. The maximum Gasteiger partial charge on any atom is 0.490 e. The number of aliphatic carboxylic acids is 1. The van der Waals surface area contributed by atoms with Crippen molar-refractivity contribution in [3.8, 4) is 5.75 Å². The maximum absolute atomic E-state index is 12.9. The molecular weight excluding hydrogens is 515 g/mol. The van der Waals surface area contributed by atoms with Crippen molar-refractivity contribution in [1.29, 1.82) is 0 Å². The minimum Gasteiger partial charge on any atom is -0.487 e. The molecule has 2 amide bonds. The second-order valence-corrected chi connectivity index (χ2v) is 10.3. The number of carboxylic acid groups (broad SMARTS) is 1. The molecule has 11 heteroatoms. The van der Waals surface area contributed by atoms with Crippen LogP contribution in [0.2, 0.25) is 0 Å². The first-order valence-electron chi connectivity index (χ1n) is 13.1. The predicted molar refractivity (Wildman–Crippen MR) is 136 cm³/mol. The maximum atomic E-state index is 12.9. The van der Waals surface area contributed by atoms with Gasteiger partial charge >= 0.3 is 12.1 Å². The number of pyridine rings is 1. The van der Waals surface area contributed by atoms with E-state index >= 15 is 0 Å². The van der Waals surface area contributed by atoms with Crippen LogP contribution in [0.1, 0.15) is 62.8 Å². The second kappa shape index (κ2) is 12.0. The van der Waals surface area contributed by atoms with Crippen LogP contribution in [0, 0.1) is 5.92 Å². The van der Waals surface area contributed by atoms with Gasteiger partial charge in [0, 0.05) is 50.4 Å². The number of anilines is 1. The Kier molecular flexibility index (Phi) is 8.76. The van der Waals surface area contributed by atoms with Gasteiger partial charge in [-0.2, -0.15) is 13.2 Å². The fourth-order valence-electron chi connectivity index (χ4n) is 5.67. The number of carbonyl (C=O) groups is 3. The Morgan fingerprint density at radius 2 is 1.74 bits per heavy atom. The van der Waals surface area contributed by atoms with E-state index in [1.807, 2.05) is 30.3 Å². The van der Waals surface area contributed by atoms with Crippen molar-refractivity contribution < 1.29 is 37.4 Å². The number of nitrogens with zero attached hydrogens (tertiary/aromatic N) is 2. The number of benzene rings is 1. The lowest BCUT2D eigenvalue weighted by Crippen LogP contribution is -2.52. The number of halogens is 3. The number of rotatable bonds is 4. The number of carboxylic acids is 1. The van der Waals surface area contributed by atoms with Gasteiger partial charge in [0.1, 0.15) is 11.4 Å². The van der Waals surface area contributed by atoms with Crippen LogP contribution >= 0.6 is 0 Å². The average Bonchev–Trinajstić information content (AvgIpc) is 3.44. The number of hydrogen-bond donors (Lipinski definition) is 2. The molecule has 2 aliphatic heterocycles. The van der Waals surface area contributed by atoms with Gasteiger partial charge in [0.25, 0.3) is 0 Å². The molecular formula is C28H32F3N3O5. The molecule has 1 aromatic heterocycles. The number of ether oxygens (including phenoxy) is 1. The van der Waals surface area contributed by atoms with Gasteiger partial charge < -0.3 is 20.1 Å². The van der Waals surface area contributed by atoms with Crippen LogP contribution in [-0.4, -0.2) is 57.6 Å². The second-order valence-electron chi connectivity index (χ2n) is 10.3. The number of amides is 2. The zero-order valence-electron chi connectivity index (χ0n) is 21.5. The normalized spacial score (nSPS) is 20.3. The van der Waals surface area contributed by atoms with Crippen molar-refractivity contribution in [1.82, 2.24) is 9.88 Å². The summed E-state index contributed by atoms with van der Waals surface area (Å²) >= 11 is 0. The summed E-state index contributed by atoms with van der Waals surface area (Å²) in [5, 5.41) is 10.1. The van der Waals surface area contributed by atoms with Gasteiger partial charge in [0.2, 0.25) is 11.8 Å². The third kappa shape index (κ3) is 7.27. The Bertz CT molecular complexity index is 1160. The molecule has 2 aromatic rings. The summed E-state index contributed by atoms with van der Waals surface area (Å²) in [5.74, 6) is -1.24. The summed E-state index contributed by atoms with van der Waals surface area (Å²) in [4.78, 5) is 40.7. The summed E-state index contributed by atoms with van der Waals surface area (Å²) in [6.45, 7) is 1.48. The van der Waals surface area contributed by atoms with Crippen molar-refractivity contribution in [3.05, 3.63) is 54.4 Å². The molecule has 1 spiro atoms. The van der Waals surface area contributed by atoms with E-state index in [-0.39, 0.29) is 23.3 Å². The third-order valence-electron chi connectivity index (χ3n) is 7.61. The van der Waals surface area contributed by atoms with Crippen LogP contribution in [0.5, 0.6) is 5.75 Å². The molecule has 2 N–H and O–H groups in total. The predicted octanol–water partition coefficient (Wildman–Crippen LogP) is 5.16. The fourth-order valence-corrected chi connectivity index (χ4v) is 5.67. The number of para-hydroxylation sites is 1.